The Balaban J connectivity index is 2.34. The van der Waals surface area contributed by atoms with Crippen molar-refractivity contribution in [2.75, 3.05) is 26.0 Å². The summed E-state index contributed by atoms with van der Waals surface area (Å²) in [6, 6.07) is 6.61. The van der Waals surface area contributed by atoms with E-state index in [2.05, 4.69) is 19.2 Å². The second-order valence-electron chi connectivity index (χ2n) is 5.05. The molecule has 0 unspecified atom stereocenters. The Hall–Kier alpha value is -1.07. The van der Waals surface area contributed by atoms with Gasteiger partial charge in [0.25, 0.3) is 0 Å². The summed E-state index contributed by atoms with van der Waals surface area (Å²) < 4.78 is 28.3. The highest BCUT2D eigenvalue weighted by Gasteiger charge is 2.07. The number of sulfone groups is 1. The zero-order valence-electron chi connectivity index (χ0n) is 11.8. The van der Waals surface area contributed by atoms with Crippen molar-refractivity contribution >= 4 is 9.84 Å². The molecule has 0 amide bonds. The molecule has 5 heteroatoms. The predicted molar refractivity (Wildman–Crippen MR) is 77.4 cm³/mol. The Morgan fingerprint density at radius 2 is 2.05 bits per heavy atom. The quantitative estimate of drug-likeness (QED) is 0.743. The van der Waals surface area contributed by atoms with Gasteiger partial charge in [-0.15, -0.1) is 0 Å². The van der Waals surface area contributed by atoms with E-state index in [4.69, 9.17) is 4.74 Å². The van der Waals surface area contributed by atoms with Crippen LogP contribution in [-0.2, 0) is 9.84 Å². The van der Waals surface area contributed by atoms with Crippen LogP contribution in [0.25, 0.3) is 0 Å². The molecule has 0 heterocycles. The van der Waals surface area contributed by atoms with E-state index in [9.17, 15) is 8.42 Å². The number of rotatable bonds is 8. The van der Waals surface area contributed by atoms with Crippen molar-refractivity contribution in [2.24, 2.45) is 5.92 Å². The van der Waals surface area contributed by atoms with E-state index in [-0.39, 0.29) is 0 Å². The number of benzene rings is 1. The highest BCUT2D eigenvalue weighted by Crippen LogP contribution is 2.17. The highest BCUT2D eigenvalue weighted by molar-refractivity contribution is 7.90. The van der Waals surface area contributed by atoms with Crippen molar-refractivity contribution in [1.82, 2.24) is 5.32 Å². The summed E-state index contributed by atoms with van der Waals surface area (Å²) in [7, 11) is -3.17. The van der Waals surface area contributed by atoms with E-state index in [0.717, 1.165) is 19.5 Å². The summed E-state index contributed by atoms with van der Waals surface area (Å²) >= 11 is 0. The normalized spacial score (nSPS) is 11.8. The first-order valence-corrected chi connectivity index (χ1v) is 8.42. The van der Waals surface area contributed by atoms with Crippen LogP contribution in [0.4, 0.5) is 0 Å². The van der Waals surface area contributed by atoms with Crippen molar-refractivity contribution < 1.29 is 13.2 Å². The molecule has 0 aromatic heterocycles. The first-order valence-electron chi connectivity index (χ1n) is 6.53. The fourth-order valence-corrected chi connectivity index (χ4v) is 2.23. The van der Waals surface area contributed by atoms with Gasteiger partial charge in [-0.25, -0.2) is 8.42 Å². The molecule has 19 heavy (non-hydrogen) atoms. The maximum Gasteiger partial charge on any atom is 0.175 e. The summed E-state index contributed by atoms with van der Waals surface area (Å²) in [5, 5.41) is 3.33. The summed E-state index contributed by atoms with van der Waals surface area (Å²) in [5.74, 6) is 1.25. The summed E-state index contributed by atoms with van der Waals surface area (Å²) in [4.78, 5) is 0.294. The van der Waals surface area contributed by atoms with Crippen molar-refractivity contribution in [3.63, 3.8) is 0 Å². The molecule has 0 aliphatic heterocycles. The maximum absolute atomic E-state index is 11.4. The lowest BCUT2D eigenvalue weighted by molar-refractivity contribution is 0.306. The van der Waals surface area contributed by atoms with Crippen molar-refractivity contribution in [1.29, 1.82) is 0 Å². The Morgan fingerprint density at radius 1 is 1.32 bits per heavy atom. The van der Waals surface area contributed by atoms with E-state index in [1.807, 2.05) is 0 Å². The highest BCUT2D eigenvalue weighted by atomic mass is 32.2. The lowest BCUT2D eigenvalue weighted by Gasteiger charge is -2.09. The zero-order chi connectivity index (χ0) is 14.3. The molecule has 1 rings (SSSR count). The molecule has 1 aromatic carbocycles. The first-order chi connectivity index (χ1) is 8.89. The maximum atomic E-state index is 11.4. The van der Waals surface area contributed by atoms with Crippen LogP contribution in [0.3, 0.4) is 0 Å². The molecule has 0 spiro atoms. The van der Waals surface area contributed by atoms with Crippen LogP contribution in [0.5, 0.6) is 5.75 Å². The van der Waals surface area contributed by atoms with Crippen LogP contribution >= 0.6 is 0 Å². The Kier molecular flexibility index (Phi) is 6.31. The second-order valence-corrected chi connectivity index (χ2v) is 7.06. The smallest absolute Gasteiger partial charge is 0.175 e. The zero-order valence-corrected chi connectivity index (χ0v) is 12.7. The monoisotopic (exact) mass is 285 g/mol. The molecule has 0 saturated heterocycles. The van der Waals surface area contributed by atoms with Gasteiger partial charge in [-0.1, -0.05) is 19.9 Å². The predicted octanol–water partition coefficient (Wildman–Crippen LogP) is 2.10. The molecule has 0 aliphatic rings. The van der Waals surface area contributed by atoms with Gasteiger partial charge in [-0.05, 0) is 43.6 Å². The molecular formula is C14H23NO3S. The van der Waals surface area contributed by atoms with Crippen LogP contribution in [0, 0.1) is 5.92 Å². The van der Waals surface area contributed by atoms with Gasteiger partial charge in [0, 0.05) is 6.26 Å². The van der Waals surface area contributed by atoms with E-state index in [0.29, 0.717) is 23.2 Å². The third-order valence-electron chi connectivity index (χ3n) is 2.55. The minimum atomic E-state index is -3.17. The van der Waals surface area contributed by atoms with Gasteiger partial charge in [0.2, 0.25) is 0 Å². The number of nitrogens with one attached hydrogen (secondary N) is 1. The van der Waals surface area contributed by atoms with Crippen molar-refractivity contribution in [3.05, 3.63) is 24.3 Å². The van der Waals surface area contributed by atoms with Gasteiger partial charge in [0.05, 0.1) is 11.5 Å². The Labute approximate surface area is 116 Å². The average molecular weight is 285 g/mol. The molecule has 1 N–H and O–H groups in total. The van der Waals surface area contributed by atoms with E-state index in [1.165, 1.54) is 6.26 Å². The van der Waals surface area contributed by atoms with Gasteiger partial charge in [0.15, 0.2) is 9.84 Å². The van der Waals surface area contributed by atoms with Gasteiger partial charge in [-0.3, -0.25) is 0 Å². The average Bonchev–Trinajstić information content (AvgIpc) is 2.32. The van der Waals surface area contributed by atoms with Gasteiger partial charge >= 0.3 is 0 Å². The second kappa shape index (κ2) is 7.50. The van der Waals surface area contributed by atoms with Gasteiger partial charge in [-0.2, -0.15) is 0 Å². The number of hydrogen-bond donors (Lipinski definition) is 1. The molecule has 1 aromatic rings. The number of hydrogen-bond acceptors (Lipinski definition) is 4. The summed E-state index contributed by atoms with van der Waals surface area (Å²) in [5.41, 5.74) is 0. The number of ether oxygens (including phenoxy) is 1. The fourth-order valence-electron chi connectivity index (χ4n) is 1.57. The van der Waals surface area contributed by atoms with Gasteiger partial charge < -0.3 is 10.1 Å². The van der Waals surface area contributed by atoms with Crippen molar-refractivity contribution in [2.45, 2.75) is 25.2 Å². The SMILES string of the molecule is CC(C)CNCCCOc1cccc(S(C)(=O)=O)c1. The molecule has 0 bridgehead atoms. The molecule has 0 radical (unpaired) electrons. The third-order valence-corrected chi connectivity index (χ3v) is 3.66. The van der Waals surface area contributed by atoms with Crippen LogP contribution in [0.1, 0.15) is 20.3 Å². The Morgan fingerprint density at radius 3 is 2.68 bits per heavy atom. The lowest BCUT2D eigenvalue weighted by atomic mass is 10.2. The molecule has 0 fully saturated rings. The fraction of sp³-hybridized carbons (Fsp3) is 0.571. The topological polar surface area (TPSA) is 55.4 Å². The molecular weight excluding hydrogens is 262 g/mol. The standard InChI is InChI=1S/C14H23NO3S/c1-12(2)11-15-8-5-9-18-13-6-4-7-14(10-13)19(3,16)17/h4,6-7,10,12,15H,5,8-9,11H2,1-3H3. The van der Waals surface area contributed by atoms with Crippen LogP contribution < -0.4 is 10.1 Å². The molecule has 4 nitrogen and oxygen atoms in total. The van der Waals surface area contributed by atoms with Crippen LogP contribution in [-0.4, -0.2) is 34.4 Å². The minimum absolute atomic E-state index is 0.294. The molecule has 108 valence electrons. The third kappa shape index (κ3) is 6.59. The first kappa shape index (κ1) is 16.0. The van der Waals surface area contributed by atoms with Crippen molar-refractivity contribution in [3.8, 4) is 5.75 Å². The molecule has 0 aliphatic carbocycles. The lowest BCUT2D eigenvalue weighted by Crippen LogP contribution is -2.22. The van der Waals surface area contributed by atoms with Crippen LogP contribution in [0.15, 0.2) is 29.2 Å². The van der Waals surface area contributed by atoms with E-state index in [1.54, 1.807) is 24.3 Å². The largest absolute Gasteiger partial charge is 0.494 e. The summed E-state index contributed by atoms with van der Waals surface area (Å²) in [6.07, 6.45) is 2.10. The molecule has 0 atom stereocenters. The van der Waals surface area contributed by atoms with E-state index >= 15 is 0 Å². The Bertz CT molecular complexity index is 483. The van der Waals surface area contributed by atoms with Crippen LogP contribution in [0.2, 0.25) is 0 Å². The van der Waals surface area contributed by atoms with E-state index < -0.39 is 9.84 Å². The summed E-state index contributed by atoms with van der Waals surface area (Å²) in [6.45, 7) is 6.83. The minimum Gasteiger partial charge on any atom is -0.494 e. The van der Waals surface area contributed by atoms with Gasteiger partial charge in [0.1, 0.15) is 5.75 Å². The molecule has 0 saturated carbocycles.